The summed E-state index contributed by atoms with van der Waals surface area (Å²) in [5.41, 5.74) is 3.60. The Morgan fingerprint density at radius 1 is 1.15 bits per heavy atom. The van der Waals surface area contributed by atoms with Crippen LogP contribution in [0.1, 0.15) is 24.8 Å². The van der Waals surface area contributed by atoms with E-state index in [0.29, 0.717) is 6.42 Å². The van der Waals surface area contributed by atoms with E-state index >= 15 is 0 Å². The van der Waals surface area contributed by atoms with Crippen molar-refractivity contribution >= 4 is 5.91 Å². The Hall–Kier alpha value is -2.18. The molecule has 2 aliphatic rings. The molecule has 3 heterocycles. The van der Waals surface area contributed by atoms with Gasteiger partial charge >= 0.3 is 0 Å². The normalized spacial score (nSPS) is 24.7. The van der Waals surface area contributed by atoms with Gasteiger partial charge in [-0.1, -0.05) is 30.3 Å². The third kappa shape index (κ3) is 3.77. The van der Waals surface area contributed by atoms with Crippen molar-refractivity contribution in [1.82, 2.24) is 24.9 Å². The summed E-state index contributed by atoms with van der Waals surface area (Å²) in [6.45, 7) is 4.76. The van der Waals surface area contributed by atoms with Crippen molar-refractivity contribution in [3.05, 3.63) is 42.1 Å². The van der Waals surface area contributed by atoms with Crippen LogP contribution >= 0.6 is 0 Å². The van der Waals surface area contributed by atoms with Crippen LogP contribution in [0.2, 0.25) is 0 Å². The minimum atomic E-state index is 0.0898. The smallest absolute Gasteiger partial charge is 0.220 e. The Balaban J connectivity index is 1.54. The van der Waals surface area contributed by atoms with Gasteiger partial charge in [-0.15, -0.1) is 0 Å². The fraction of sp³-hybridized carbons (Fsp3) is 0.524. The van der Waals surface area contributed by atoms with Crippen LogP contribution in [-0.4, -0.2) is 64.3 Å². The summed E-state index contributed by atoms with van der Waals surface area (Å²) in [5, 5.41) is 7.75. The first-order chi connectivity index (χ1) is 13.1. The molecule has 144 valence electrons. The standard InChI is InChI=1S/C21H29N5O/c1-24-12-13-26(16-21(24)9-8-19(27)22-11-10-21)15-18-14-25(2)23-20(18)17-6-4-3-5-7-17/h3-7,14H,8-13,15-16H2,1-2H3,(H,22,27)/t21-/m1/s1. The molecule has 1 spiro atoms. The van der Waals surface area contributed by atoms with Crippen molar-refractivity contribution in [1.29, 1.82) is 0 Å². The summed E-state index contributed by atoms with van der Waals surface area (Å²) in [4.78, 5) is 16.9. The van der Waals surface area contributed by atoms with E-state index in [1.807, 2.05) is 17.8 Å². The van der Waals surface area contributed by atoms with Gasteiger partial charge in [0.1, 0.15) is 0 Å². The Labute approximate surface area is 161 Å². The van der Waals surface area contributed by atoms with Crippen molar-refractivity contribution in [2.75, 3.05) is 33.2 Å². The van der Waals surface area contributed by atoms with Gasteiger partial charge in [-0.2, -0.15) is 5.10 Å². The molecule has 27 heavy (non-hydrogen) atoms. The number of carbonyl (C=O) groups excluding carboxylic acids is 1. The van der Waals surface area contributed by atoms with Crippen molar-refractivity contribution in [2.45, 2.75) is 31.3 Å². The highest BCUT2D eigenvalue weighted by atomic mass is 16.1. The van der Waals surface area contributed by atoms with E-state index in [0.717, 1.165) is 51.3 Å². The number of nitrogens with one attached hydrogen (secondary N) is 1. The molecule has 1 aromatic carbocycles. The van der Waals surface area contributed by atoms with Gasteiger partial charge in [-0.05, 0) is 19.9 Å². The van der Waals surface area contributed by atoms with Crippen molar-refractivity contribution in [3.63, 3.8) is 0 Å². The van der Waals surface area contributed by atoms with E-state index in [1.165, 1.54) is 11.1 Å². The molecule has 1 amide bonds. The van der Waals surface area contributed by atoms with Gasteiger partial charge in [0.05, 0.1) is 5.69 Å². The molecule has 0 radical (unpaired) electrons. The average Bonchev–Trinajstić information content (AvgIpc) is 2.93. The molecule has 1 atom stereocenters. The fourth-order valence-corrected chi connectivity index (χ4v) is 4.55. The summed E-state index contributed by atoms with van der Waals surface area (Å²) < 4.78 is 1.91. The second-order valence-corrected chi connectivity index (χ2v) is 8.00. The second kappa shape index (κ2) is 7.44. The lowest BCUT2D eigenvalue weighted by atomic mass is 9.86. The first-order valence-electron chi connectivity index (χ1n) is 9.84. The summed E-state index contributed by atoms with van der Waals surface area (Å²) in [6, 6.07) is 10.4. The van der Waals surface area contributed by atoms with Crippen LogP contribution in [-0.2, 0) is 18.4 Å². The number of amides is 1. The number of likely N-dealkylation sites (N-methyl/N-ethyl adjacent to an activating group) is 1. The van der Waals surface area contributed by atoms with E-state index in [-0.39, 0.29) is 11.4 Å². The molecule has 1 N–H and O–H groups in total. The molecule has 0 unspecified atom stereocenters. The molecule has 0 bridgehead atoms. The largest absolute Gasteiger partial charge is 0.356 e. The predicted molar refractivity (Wildman–Crippen MR) is 106 cm³/mol. The predicted octanol–water partition coefficient (Wildman–Crippen LogP) is 1.87. The summed E-state index contributed by atoms with van der Waals surface area (Å²) in [5.74, 6) is 0.191. The maximum absolute atomic E-state index is 11.8. The van der Waals surface area contributed by atoms with Crippen LogP contribution in [0.3, 0.4) is 0 Å². The summed E-state index contributed by atoms with van der Waals surface area (Å²) >= 11 is 0. The van der Waals surface area contributed by atoms with Gasteiger partial charge in [0.25, 0.3) is 0 Å². The molecule has 1 aromatic heterocycles. The molecule has 2 fully saturated rings. The van der Waals surface area contributed by atoms with Crippen molar-refractivity contribution < 1.29 is 4.79 Å². The number of benzene rings is 1. The maximum Gasteiger partial charge on any atom is 0.220 e. The van der Waals surface area contributed by atoms with Gasteiger partial charge in [0, 0.05) is 69.1 Å². The summed E-state index contributed by atoms with van der Waals surface area (Å²) in [6.07, 6.45) is 4.72. The van der Waals surface area contributed by atoms with Crippen molar-refractivity contribution in [3.8, 4) is 11.3 Å². The quantitative estimate of drug-likeness (QED) is 0.900. The minimum Gasteiger partial charge on any atom is -0.356 e. The van der Waals surface area contributed by atoms with E-state index < -0.39 is 0 Å². The minimum absolute atomic E-state index is 0.0898. The molecule has 0 saturated carbocycles. The second-order valence-electron chi connectivity index (χ2n) is 8.00. The lowest BCUT2D eigenvalue weighted by Crippen LogP contribution is -2.60. The van der Waals surface area contributed by atoms with E-state index in [1.54, 1.807) is 0 Å². The van der Waals surface area contributed by atoms with Gasteiger partial charge < -0.3 is 5.32 Å². The van der Waals surface area contributed by atoms with Gasteiger partial charge in [0.2, 0.25) is 5.91 Å². The maximum atomic E-state index is 11.8. The third-order valence-electron chi connectivity index (χ3n) is 6.16. The molecular formula is C21H29N5O. The molecule has 6 nitrogen and oxygen atoms in total. The van der Waals surface area contributed by atoms with Crippen LogP contribution in [0.25, 0.3) is 11.3 Å². The van der Waals surface area contributed by atoms with Gasteiger partial charge in [-0.25, -0.2) is 0 Å². The molecule has 6 heteroatoms. The van der Waals surface area contributed by atoms with E-state index in [4.69, 9.17) is 5.10 Å². The highest BCUT2D eigenvalue weighted by Crippen LogP contribution is 2.32. The lowest BCUT2D eigenvalue weighted by molar-refractivity contribution is -0.121. The van der Waals surface area contributed by atoms with Gasteiger partial charge in [0.15, 0.2) is 0 Å². The number of hydrogen-bond acceptors (Lipinski definition) is 4. The van der Waals surface area contributed by atoms with E-state index in [2.05, 4.69) is 52.6 Å². The van der Waals surface area contributed by atoms with Crippen molar-refractivity contribution in [2.24, 2.45) is 7.05 Å². The fourth-order valence-electron chi connectivity index (χ4n) is 4.55. The summed E-state index contributed by atoms with van der Waals surface area (Å²) in [7, 11) is 4.20. The zero-order valence-corrected chi connectivity index (χ0v) is 16.3. The number of carbonyl (C=O) groups is 1. The van der Waals surface area contributed by atoms with Gasteiger partial charge in [-0.3, -0.25) is 19.3 Å². The molecule has 4 rings (SSSR count). The number of hydrogen-bond donors (Lipinski definition) is 1. The Kier molecular flexibility index (Phi) is 5.02. The zero-order valence-electron chi connectivity index (χ0n) is 16.3. The molecule has 2 aromatic rings. The first-order valence-corrected chi connectivity index (χ1v) is 9.84. The SMILES string of the molecule is CN1CCN(Cc2cn(C)nc2-c2ccccc2)C[C@@]12CCNC(=O)CC2. The topological polar surface area (TPSA) is 53.4 Å². The number of aromatic nitrogens is 2. The monoisotopic (exact) mass is 367 g/mol. The molecule has 0 aliphatic carbocycles. The molecular weight excluding hydrogens is 338 g/mol. The molecule has 2 aliphatic heterocycles. The van der Waals surface area contributed by atoms with Crippen LogP contribution in [0.15, 0.2) is 36.5 Å². The highest BCUT2D eigenvalue weighted by Gasteiger charge is 2.40. The Bertz CT molecular complexity index is 802. The number of piperazine rings is 1. The van der Waals surface area contributed by atoms with Crippen LogP contribution in [0.4, 0.5) is 0 Å². The Morgan fingerprint density at radius 2 is 1.96 bits per heavy atom. The van der Waals surface area contributed by atoms with E-state index in [9.17, 15) is 4.79 Å². The van der Waals surface area contributed by atoms with Crippen LogP contribution in [0.5, 0.6) is 0 Å². The average molecular weight is 367 g/mol. The number of aryl methyl sites for hydroxylation is 1. The number of rotatable bonds is 3. The zero-order chi connectivity index (χ0) is 18.9. The first kappa shape index (κ1) is 18.2. The third-order valence-corrected chi connectivity index (χ3v) is 6.16. The highest BCUT2D eigenvalue weighted by molar-refractivity contribution is 5.76. The van der Waals surface area contributed by atoms with Crippen LogP contribution < -0.4 is 5.32 Å². The number of nitrogens with zero attached hydrogens (tertiary/aromatic N) is 4. The van der Waals surface area contributed by atoms with Crippen LogP contribution in [0, 0.1) is 0 Å². The lowest BCUT2D eigenvalue weighted by Gasteiger charge is -2.49. The Morgan fingerprint density at radius 3 is 2.78 bits per heavy atom. The molecule has 2 saturated heterocycles.